The molecule has 0 aliphatic rings. The average molecular weight is 175 g/mol. The standard InChI is InChI=1S/C8H8ClFO/c1-2-5-7(10)4-3-6(9)8(5)11/h3-4,11H,2H2,1H3. The first-order chi connectivity index (χ1) is 5.16. The molecule has 0 saturated carbocycles. The molecular weight excluding hydrogens is 167 g/mol. The van der Waals surface area contributed by atoms with E-state index in [-0.39, 0.29) is 16.3 Å². The van der Waals surface area contributed by atoms with E-state index in [0.29, 0.717) is 6.42 Å². The highest BCUT2D eigenvalue weighted by Crippen LogP contribution is 2.29. The van der Waals surface area contributed by atoms with Crippen molar-refractivity contribution in [3.63, 3.8) is 0 Å². The molecular formula is C8H8ClFO. The number of halogens is 2. The van der Waals surface area contributed by atoms with Crippen molar-refractivity contribution >= 4 is 11.6 Å². The van der Waals surface area contributed by atoms with Gasteiger partial charge in [0, 0.05) is 5.56 Å². The van der Waals surface area contributed by atoms with E-state index in [0.717, 1.165) is 0 Å². The van der Waals surface area contributed by atoms with Crippen LogP contribution in [0.3, 0.4) is 0 Å². The Labute approximate surface area is 69.4 Å². The molecule has 0 bridgehead atoms. The fraction of sp³-hybridized carbons (Fsp3) is 0.250. The van der Waals surface area contributed by atoms with Crippen molar-refractivity contribution in [3.05, 3.63) is 28.5 Å². The van der Waals surface area contributed by atoms with Gasteiger partial charge in [-0.1, -0.05) is 18.5 Å². The van der Waals surface area contributed by atoms with Crippen LogP contribution in [0.25, 0.3) is 0 Å². The molecule has 1 aromatic carbocycles. The Kier molecular flexibility index (Phi) is 2.35. The number of aromatic hydroxyl groups is 1. The van der Waals surface area contributed by atoms with Crippen molar-refractivity contribution in [2.75, 3.05) is 0 Å². The van der Waals surface area contributed by atoms with Crippen LogP contribution in [0, 0.1) is 5.82 Å². The molecule has 11 heavy (non-hydrogen) atoms. The molecule has 0 aliphatic carbocycles. The van der Waals surface area contributed by atoms with Gasteiger partial charge in [0.2, 0.25) is 0 Å². The van der Waals surface area contributed by atoms with Crippen LogP contribution < -0.4 is 0 Å². The molecule has 1 aromatic rings. The van der Waals surface area contributed by atoms with Crippen molar-refractivity contribution in [1.82, 2.24) is 0 Å². The molecule has 1 nitrogen and oxygen atoms in total. The molecule has 1 N–H and O–H groups in total. The molecule has 0 heterocycles. The lowest BCUT2D eigenvalue weighted by Crippen LogP contribution is -1.88. The molecule has 0 unspecified atom stereocenters. The average Bonchev–Trinajstić information content (AvgIpc) is 1.99. The molecule has 0 spiro atoms. The van der Waals surface area contributed by atoms with E-state index < -0.39 is 5.82 Å². The molecule has 3 heteroatoms. The predicted octanol–water partition coefficient (Wildman–Crippen LogP) is 2.75. The van der Waals surface area contributed by atoms with Crippen molar-refractivity contribution in [2.45, 2.75) is 13.3 Å². The zero-order chi connectivity index (χ0) is 8.43. The lowest BCUT2D eigenvalue weighted by Gasteiger charge is -2.03. The van der Waals surface area contributed by atoms with Crippen LogP contribution in [0.15, 0.2) is 12.1 Å². The van der Waals surface area contributed by atoms with E-state index >= 15 is 0 Å². The Morgan fingerprint density at radius 2 is 2.18 bits per heavy atom. The summed E-state index contributed by atoms with van der Waals surface area (Å²) < 4.78 is 12.8. The first-order valence-corrected chi connectivity index (χ1v) is 3.70. The molecule has 0 aromatic heterocycles. The Morgan fingerprint density at radius 3 is 2.64 bits per heavy atom. The maximum atomic E-state index is 12.8. The van der Waals surface area contributed by atoms with E-state index in [9.17, 15) is 9.50 Å². The van der Waals surface area contributed by atoms with E-state index in [1.807, 2.05) is 0 Å². The van der Waals surface area contributed by atoms with E-state index in [4.69, 9.17) is 11.6 Å². The minimum Gasteiger partial charge on any atom is -0.506 e. The first-order valence-electron chi connectivity index (χ1n) is 3.32. The van der Waals surface area contributed by atoms with Crippen LogP contribution in [0.5, 0.6) is 5.75 Å². The number of rotatable bonds is 1. The third kappa shape index (κ3) is 1.46. The largest absolute Gasteiger partial charge is 0.506 e. The zero-order valence-electron chi connectivity index (χ0n) is 6.06. The molecule has 0 aliphatic heterocycles. The molecule has 0 fully saturated rings. The van der Waals surface area contributed by atoms with Crippen molar-refractivity contribution in [2.24, 2.45) is 0 Å². The summed E-state index contributed by atoms with van der Waals surface area (Å²) in [6.07, 6.45) is 0.443. The second-order valence-electron chi connectivity index (χ2n) is 2.21. The number of hydrogen-bond donors (Lipinski definition) is 1. The minimum absolute atomic E-state index is 0.144. The maximum Gasteiger partial charge on any atom is 0.140 e. The monoisotopic (exact) mass is 174 g/mol. The van der Waals surface area contributed by atoms with E-state index in [1.165, 1.54) is 12.1 Å². The van der Waals surface area contributed by atoms with Crippen molar-refractivity contribution in [1.29, 1.82) is 0 Å². The third-order valence-electron chi connectivity index (χ3n) is 1.53. The molecule has 0 amide bonds. The van der Waals surface area contributed by atoms with Gasteiger partial charge < -0.3 is 5.11 Å². The summed E-state index contributed by atoms with van der Waals surface area (Å²) >= 11 is 5.55. The number of hydrogen-bond acceptors (Lipinski definition) is 1. The SMILES string of the molecule is CCc1c(F)ccc(Cl)c1O. The Morgan fingerprint density at radius 1 is 1.55 bits per heavy atom. The summed E-state index contributed by atoms with van der Waals surface area (Å²) in [7, 11) is 0. The summed E-state index contributed by atoms with van der Waals surface area (Å²) in [6.45, 7) is 1.76. The third-order valence-corrected chi connectivity index (χ3v) is 1.83. The Hall–Kier alpha value is -0.760. The molecule has 0 radical (unpaired) electrons. The molecule has 0 atom stereocenters. The summed E-state index contributed by atoms with van der Waals surface area (Å²) in [4.78, 5) is 0. The highest BCUT2D eigenvalue weighted by atomic mass is 35.5. The molecule has 1 rings (SSSR count). The van der Waals surface area contributed by atoms with Crippen LogP contribution >= 0.6 is 11.6 Å². The molecule has 0 saturated heterocycles. The first kappa shape index (κ1) is 8.34. The van der Waals surface area contributed by atoms with Gasteiger partial charge in [-0.3, -0.25) is 0 Å². The number of benzene rings is 1. The summed E-state index contributed by atoms with van der Waals surface area (Å²) in [5, 5.41) is 9.40. The van der Waals surface area contributed by atoms with Gasteiger partial charge in [0.1, 0.15) is 11.6 Å². The van der Waals surface area contributed by atoms with Crippen LogP contribution in [-0.2, 0) is 6.42 Å². The second-order valence-corrected chi connectivity index (χ2v) is 2.62. The zero-order valence-corrected chi connectivity index (χ0v) is 6.82. The van der Waals surface area contributed by atoms with Crippen LogP contribution in [-0.4, -0.2) is 5.11 Å². The topological polar surface area (TPSA) is 20.2 Å². The van der Waals surface area contributed by atoms with Gasteiger partial charge in [-0.2, -0.15) is 0 Å². The predicted molar refractivity (Wildman–Crippen MR) is 42.5 cm³/mol. The number of phenolic OH excluding ortho intramolecular Hbond substituents is 1. The summed E-state index contributed by atoms with van der Waals surface area (Å²) in [6, 6.07) is 2.59. The lowest BCUT2D eigenvalue weighted by atomic mass is 10.1. The van der Waals surface area contributed by atoms with Crippen molar-refractivity contribution < 1.29 is 9.50 Å². The highest BCUT2D eigenvalue weighted by Gasteiger charge is 2.08. The van der Waals surface area contributed by atoms with Gasteiger partial charge in [0.05, 0.1) is 5.02 Å². The number of phenols is 1. The van der Waals surface area contributed by atoms with Crippen LogP contribution in [0.2, 0.25) is 5.02 Å². The Balaban J connectivity index is 3.29. The normalized spacial score (nSPS) is 10.1. The van der Waals surface area contributed by atoms with Gasteiger partial charge in [-0.05, 0) is 18.6 Å². The Bertz CT molecular complexity index is 273. The summed E-state index contributed by atoms with van der Waals surface area (Å²) in [5.41, 5.74) is 0.275. The van der Waals surface area contributed by atoms with Crippen LogP contribution in [0.4, 0.5) is 4.39 Å². The molecule has 60 valence electrons. The minimum atomic E-state index is -0.408. The quantitative estimate of drug-likeness (QED) is 0.694. The fourth-order valence-corrected chi connectivity index (χ4v) is 1.10. The fourth-order valence-electron chi connectivity index (χ4n) is 0.919. The van der Waals surface area contributed by atoms with E-state index in [2.05, 4.69) is 0 Å². The van der Waals surface area contributed by atoms with E-state index in [1.54, 1.807) is 6.92 Å². The maximum absolute atomic E-state index is 12.8. The van der Waals surface area contributed by atoms with Gasteiger partial charge in [0.25, 0.3) is 0 Å². The van der Waals surface area contributed by atoms with Crippen molar-refractivity contribution in [3.8, 4) is 5.75 Å². The van der Waals surface area contributed by atoms with Gasteiger partial charge in [-0.15, -0.1) is 0 Å². The van der Waals surface area contributed by atoms with Gasteiger partial charge in [-0.25, -0.2) is 4.39 Å². The van der Waals surface area contributed by atoms with Crippen LogP contribution in [0.1, 0.15) is 12.5 Å². The smallest absolute Gasteiger partial charge is 0.140 e. The lowest BCUT2D eigenvalue weighted by molar-refractivity contribution is 0.460. The second kappa shape index (κ2) is 3.09. The summed E-state index contributed by atoms with van der Waals surface area (Å²) in [5.74, 6) is -0.552. The van der Waals surface area contributed by atoms with Gasteiger partial charge >= 0.3 is 0 Å². The van der Waals surface area contributed by atoms with Gasteiger partial charge in [0.15, 0.2) is 0 Å². The highest BCUT2D eigenvalue weighted by molar-refractivity contribution is 6.32.